The number of thiophene rings is 1. The summed E-state index contributed by atoms with van der Waals surface area (Å²) in [5, 5.41) is 14.4. The van der Waals surface area contributed by atoms with Crippen molar-refractivity contribution in [2.75, 3.05) is 6.61 Å². The molecule has 0 bridgehead atoms. The molecule has 1 aliphatic heterocycles. The molecule has 3 rings (SSSR count). The molecule has 3 heteroatoms. The van der Waals surface area contributed by atoms with Crippen molar-refractivity contribution in [3.8, 4) is 5.75 Å². The summed E-state index contributed by atoms with van der Waals surface area (Å²) in [4.78, 5) is 0. The zero-order chi connectivity index (χ0) is 13.1. The molecule has 1 aromatic heterocycles. The lowest BCUT2D eigenvalue weighted by Crippen LogP contribution is -2.20. The Morgan fingerprint density at radius 3 is 3.05 bits per heavy atom. The third-order valence-corrected chi connectivity index (χ3v) is 4.42. The van der Waals surface area contributed by atoms with Gasteiger partial charge < -0.3 is 9.84 Å². The summed E-state index contributed by atoms with van der Waals surface area (Å²) in [6.07, 6.45) is 2.29. The number of aliphatic hydroxyl groups is 1. The SMILES string of the molecule is OC(Cc1ccsc1)CC1CCOc2ccccc21. The van der Waals surface area contributed by atoms with Gasteiger partial charge in [0.05, 0.1) is 12.7 Å². The Balaban J connectivity index is 1.67. The Kier molecular flexibility index (Phi) is 3.85. The number of aliphatic hydroxyl groups excluding tert-OH is 1. The van der Waals surface area contributed by atoms with E-state index in [4.69, 9.17) is 4.74 Å². The predicted molar refractivity (Wildman–Crippen MR) is 77.9 cm³/mol. The van der Waals surface area contributed by atoms with Gasteiger partial charge >= 0.3 is 0 Å². The summed E-state index contributed by atoms with van der Waals surface area (Å²) >= 11 is 1.69. The highest BCUT2D eigenvalue weighted by Gasteiger charge is 2.23. The number of hydrogen-bond acceptors (Lipinski definition) is 3. The fourth-order valence-electron chi connectivity index (χ4n) is 2.75. The van der Waals surface area contributed by atoms with Crippen LogP contribution in [0.4, 0.5) is 0 Å². The van der Waals surface area contributed by atoms with Gasteiger partial charge in [-0.2, -0.15) is 11.3 Å². The van der Waals surface area contributed by atoms with Crippen molar-refractivity contribution in [3.05, 3.63) is 52.2 Å². The van der Waals surface area contributed by atoms with Gasteiger partial charge in [-0.25, -0.2) is 0 Å². The van der Waals surface area contributed by atoms with E-state index in [2.05, 4.69) is 22.9 Å². The van der Waals surface area contributed by atoms with Gasteiger partial charge in [0.25, 0.3) is 0 Å². The van der Waals surface area contributed by atoms with Gasteiger partial charge in [0.15, 0.2) is 0 Å². The molecular formula is C16H18O2S. The van der Waals surface area contributed by atoms with Crippen molar-refractivity contribution in [3.63, 3.8) is 0 Å². The molecular weight excluding hydrogens is 256 g/mol. The quantitative estimate of drug-likeness (QED) is 0.923. The van der Waals surface area contributed by atoms with Crippen LogP contribution in [0.5, 0.6) is 5.75 Å². The van der Waals surface area contributed by atoms with Crippen molar-refractivity contribution in [1.82, 2.24) is 0 Å². The van der Waals surface area contributed by atoms with Crippen LogP contribution in [0.2, 0.25) is 0 Å². The van der Waals surface area contributed by atoms with Crippen LogP contribution in [0.1, 0.15) is 29.9 Å². The summed E-state index contributed by atoms with van der Waals surface area (Å²) in [5.41, 5.74) is 2.48. The molecule has 2 heterocycles. The van der Waals surface area contributed by atoms with Gasteiger partial charge in [-0.1, -0.05) is 18.2 Å². The number of rotatable bonds is 4. The number of para-hydroxylation sites is 1. The van der Waals surface area contributed by atoms with Crippen molar-refractivity contribution in [1.29, 1.82) is 0 Å². The van der Waals surface area contributed by atoms with Crippen molar-refractivity contribution in [2.45, 2.75) is 31.3 Å². The summed E-state index contributed by atoms with van der Waals surface area (Å²) in [6, 6.07) is 10.3. The number of benzene rings is 1. The maximum Gasteiger partial charge on any atom is 0.122 e. The molecule has 1 aromatic carbocycles. The minimum absolute atomic E-state index is 0.272. The molecule has 2 unspecified atom stereocenters. The van der Waals surface area contributed by atoms with E-state index in [0.29, 0.717) is 5.92 Å². The lowest BCUT2D eigenvalue weighted by atomic mass is 9.87. The number of ether oxygens (including phenoxy) is 1. The van der Waals surface area contributed by atoms with E-state index in [1.807, 2.05) is 18.2 Å². The minimum atomic E-state index is -0.272. The van der Waals surface area contributed by atoms with Crippen molar-refractivity contribution >= 4 is 11.3 Å². The van der Waals surface area contributed by atoms with E-state index in [9.17, 15) is 5.11 Å². The summed E-state index contributed by atoms with van der Waals surface area (Å²) in [6.45, 7) is 0.757. The predicted octanol–water partition coefficient (Wildman–Crippen LogP) is 3.61. The number of fused-ring (bicyclic) bond motifs is 1. The maximum absolute atomic E-state index is 10.3. The summed E-state index contributed by atoms with van der Waals surface area (Å²) in [5.74, 6) is 1.40. The Labute approximate surface area is 117 Å². The second-order valence-electron chi connectivity index (χ2n) is 5.10. The molecule has 2 nitrogen and oxygen atoms in total. The highest BCUT2D eigenvalue weighted by atomic mass is 32.1. The van der Waals surface area contributed by atoms with Gasteiger partial charge in [0, 0.05) is 0 Å². The second kappa shape index (κ2) is 5.76. The van der Waals surface area contributed by atoms with Gasteiger partial charge in [-0.3, -0.25) is 0 Å². The lowest BCUT2D eigenvalue weighted by molar-refractivity contribution is 0.143. The fraction of sp³-hybridized carbons (Fsp3) is 0.375. The van der Waals surface area contributed by atoms with Gasteiger partial charge in [-0.15, -0.1) is 0 Å². The van der Waals surface area contributed by atoms with Crippen LogP contribution in [0.25, 0.3) is 0 Å². The van der Waals surface area contributed by atoms with Crippen LogP contribution in [0.15, 0.2) is 41.1 Å². The molecule has 1 N–H and O–H groups in total. The lowest BCUT2D eigenvalue weighted by Gasteiger charge is -2.27. The summed E-state index contributed by atoms with van der Waals surface area (Å²) in [7, 11) is 0. The largest absolute Gasteiger partial charge is 0.493 e. The molecule has 19 heavy (non-hydrogen) atoms. The monoisotopic (exact) mass is 274 g/mol. The molecule has 0 amide bonds. The average Bonchev–Trinajstić information content (AvgIpc) is 2.92. The Morgan fingerprint density at radius 2 is 2.21 bits per heavy atom. The molecule has 100 valence electrons. The van der Waals surface area contributed by atoms with Crippen molar-refractivity contribution in [2.24, 2.45) is 0 Å². The van der Waals surface area contributed by atoms with E-state index in [-0.39, 0.29) is 6.10 Å². The second-order valence-corrected chi connectivity index (χ2v) is 5.88. The molecule has 2 aromatic rings. The first-order valence-electron chi connectivity index (χ1n) is 6.74. The van der Waals surface area contributed by atoms with Crippen LogP contribution in [-0.2, 0) is 6.42 Å². The van der Waals surface area contributed by atoms with Crippen LogP contribution in [0, 0.1) is 0 Å². The highest BCUT2D eigenvalue weighted by molar-refractivity contribution is 7.07. The zero-order valence-electron chi connectivity index (χ0n) is 10.8. The van der Waals surface area contributed by atoms with Crippen LogP contribution < -0.4 is 4.74 Å². The normalized spacial score (nSPS) is 19.5. The molecule has 0 fully saturated rings. The first-order chi connectivity index (χ1) is 9.33. The zero-order valence-corrected chi connectivity index (χ0v) is 11.6. The third-order valence-electron chi connectivity index (χ3n) is 3.69. The third kappa shape index (κ3) is 2.99. The minimum Gasteiger partial charge on any atom is -0.493 e. The van der Waals surface area contributed by atoms with Crippen LogP contribution >= 0.6 is 11.3 Å². The van der Waals surface area contributed by atoms with E-state index in [0.717, 1.165) is 31.6 Å². The number of hydrogen-bond donors (Lipinski definition) is 1. The van der Waals surface area contributed by atoms with Crippen molar-refractivity contribution < 1.29 is 9.84 Å². The Bertz CT molecular complexity index is 521. The Morgan fingerprint density at radius 1 is 1.32 bits per heavy atom. The van der Waals surface area contributed by atoms with E-state index < -0.39 is 0 Å². The van der Waals surface area contributed by atoms with Crippen LogP contribution in [-0.4, -0.2) is 17.8 Å². The average molecular weight is 274 g/mol. The molecule has 2 atom stereocenters. The first kappa shape index (κ1) is 12.7. The van der Waals surface area contributed by atoms with E-state index in [1.165, 1.54) is 11.1 Å². The van der Waals surface area contributed by atoms with Gasteiger partial charge in [-0.05, 0) is 59.2 Å². The summed E-state index contributed by atoms with van der Waals surface area (Å²) < 4.78 is 5.66. The van der Waals surface area contributed by atoms with Gasteiger partial charge in [0.2, 0.25) is 0 Å². The molecule has 1 aliphatic rings. The molecule has 0 radical (unpaired) electrons. The standard InChI is InChI=1S/C16H18O2S/c17-14(9-12-6-8-19-11-12)10-13-5-7-18-16-4-2-1-3-15(13)16/h1-4,6,8,11,13-14,17H,5,7,9-10H2. The molecule has 0 spiro atoms. The smallest absolute Gasteiger partial charge is 0.122 e. The molecule has 0 saturated heterocycles. The first-order valence-corrected chi connectivity index (χ1v) is 7.68. The van der Waals surface area contributed by atoms with Gasteiger partial charge in [0.1, 0.15) is 5.75 Å². The maximum atomic E-state index is 10.3. The van der Waals surface area contributed by atoms with Crippen LogP contribution in [0.3, 0.4) is 0 Å². The fourth-order valence-corrected chi connectivity index (χ4v) is 3.43. The topological polar surface area (TPSA) is 29.5 Å². The Hall–Kier alpha value is -1.32. The highest BCUT2D eigenvalue weighted by Crippen LogP contribution is 2.36. The molecule has 0 saturated carbocycles. The van der Waals surface area contributed by atoms with E-state index in [1.54, 1.807) is 11.3 Å². The van der Waals surface area contributed by atoms with E-state index >= 15 is 0 Å². The molecule has 0 aliphatic carbocycles.